The third-order valence-electron chi connectivity index (χ3n) is 5.48. The topological polar surface area (TPSA) is 75.9 Å². The molecule has 5 heterocycles. The first kappa shape index (κ1) is 16.3. The van der Waals surface area contributed by atoms with Gasteiger partial charge in [0.25, 0.3) is 0 Å². The third-order valence-corrected chi connectivity index (χ3v) is 5.48. The van der Waals surface area contributed by atoms with Crippen LogP contribution in [0.25, 0.3) is 5.82 Å². The molecule has 0 bridgehead atoms. The van der Waals surface area contributed by atoms with E-state index in [2.05, 4.69) is 34.8 Å². The van der Waals surface area contributed by atoms with Gasteiger partial charge in [0, 0.05) is 57.4 Å². The van der Waals surface area contributed by atoms with E-state index < -0.39 is 0 Å². The number of hydrogen-bond donors (Lipinski definition) is 0. The van der Waals surface area contributed by atoms with Crippen molar-refractivity contribution in [1.29, 1.82) is 0 Å². The second-order valence-electron chi connectivity index (χ2n) is 7.40. The lowest BCUT2D eigenvalue weighted by Gasteiger charge is -2.22. The molecule has 27 heavy (non-hydrogen) atoms. The van der Waals surface area contributed by atoms with Crippen LogP contribution in [0.1, 0.15) is 11.5 Å². The molecule has 3 aromatic rings. The summed E-state index contributed by atoms with van der Waals surface area (Å²) in [6, 6.07) is 5.94. The van der Waals surface area contributed by atoms with E-state index in [1.165, 1.54) is 0 Å². The van der Waals surface area contributed by atoms with Crippen LogP contribution in [0.4, 0.5) is 5.82 Å². The zero-order valence-corrected chi connectivity index (χ0v) is 15.3. The smallest absolute Gasteiger partial charge is 0.158 e. The van der Waals surface area contributed by atoms with Gasteiger partial charge in [-0.3, -0.25) is 4.90 Å². The minimum atomic E-state index is 0.677. The van der Waals surface area contributed by atoms with Gasteiger partial charge in [-0.1, -0.05) is 0 Å². The highest BCUT2D eigenvalue weighted by molar-refractivity contribution is 5.44. The molecule has 0 amide bonds. The van der Waals surface area contributed by atoms with Crippen molar-refractivity contribution in [2.75, 3.05) is 31.1 Å². The molecule has 0 aromatic carbocycles. The van der Waals surface area contributed by atoms with E-state index in [0.717, 1.165) is 55.9 Å². The summed E-state index contributed by atoms with van der Waals surface area (Å²) < 4.78 is 1.77. The molecule has 2 fully saturated rings. The van der Waals surface area contributed by atoms with Gasteiger partial charge in [-0.15, -0.1) is 0 Å². The third kappa shape index (κ3) is 3.28. The van der Waals surface area contributed by atoms with Crippen molar-refractivity contribution in [3.8, 4) is 5.82 Å². The maximum Gasteiger partial charge on any atom is 0.158 e. The van der Waals surface area contributed by atoms with E-state index in [-0.39, 0.29) is 0 Å². The van der Waals surface area contributed by atoms with Crippen molar-refractivity contribution in [3.05, 3.63) is 54.6 Å². The highest BCUT2D eigenvalue weighted by atomic mass is 15.3. The van der Waals surface area contributed by atoms with Crippen LogP contribution in [0, 0.1) is 18.8 Å². The number of likely N-dealkylation sites (tertiary alicyclic amines) is 1. The van der Waals surface area contributed by atoms with Crippen LogP contribution in [0.3, 0.4) is 0 Å². The van der Waals surface area contributed by atoms with Gasteiger partial charge in [0.2, 0.25) is 0 Å². The zero-order valence-electron chi connectivity index (χ0n) is 15.3. The molecule has 2 unspecified atom stereocenters. The zero-order chi connectivity index (χ0) is 18.2. The first-order valence-corrected chi connectivity index (χ1v) is 9.32. The van der Waals surface area contributed by atoms with E-state index >= 15 is 0 Å². The molecule has 5 rings (SSSR count). The van der Waals surface area contributed by atoms with Gasteiger partial charge in [0.15, 0.2) is 5.82 Å². The average molecular weight is 362 g/mol. The van der Waals surface area contributed by atoms with Crippen LogP contribution >= 0.6 is 0 Å². The van der Waals surface area contributed by atoms with Crippen LogP contribution in [-0.2, 0) is 6.54 Å². The number of anilines is 1. The molecule has 0 N–H and O–H groups in total. The van der Waals surface area contributed by atoms with Crippen LogP contribution in [0.2, 0.25) is 0 Å². The Morgan fingerprint density at radius 3 is 2.56 bits per heavy atom. The molecule has 8 nitrogen and oxygen atoms in total. The predicted octanol–water partition coefficient (Wildman–Crippen LogP) is 1.33. The number of hydrogen-bond acceptors (Lipinski definition) is 7. The molecule has 8 heteroatoms. The Morgan fingerprint density at radius 2 is 1.81 bits per heavy atom. The number of aromatic nitrogens is 6. The summed E-state index contributed by atoms with van der Waals surface area (Å²) in [6.07, 6.45) is 7.14. The van der Waals surface area contributed by atoms with E-state index in [1.54, 1.807) is 17.2 Å². The van der Waals surface area contributed by atoms with E-state index in [1.807, 2.05) is 37.5 Å². The highest BCUT2D eigenvalue weighted by Gasteiger charge is 2.40. The second-order valence-corrected chi connectivity index (χ2v) is 7.40. The Kier molecular flexibility index (Phi) is 4.05. The number of nitrogens with zero attached hydrogens (tertiary/aromatic N) is 8. The van der Waals surface area contributed by atoms with Gasteiger partial charge in [-0.2, -0.15) is 5.10 Å². The van der Waals surface area contributed by atoms with Crippen molar-refractivity contribution in [1.82, 2.24) is 34.6 Å². The molecule has 138 valence electrons. The second kappa shape index (κ2) is 6.70. The Balaban J connectivity index is 1.24. The lowest BCUT2D eigenvalue weighted by molar-refractivity contribution is 0.304. The van der Waals surface area contributed by atoms with Crippen molar-refractivity contribution in [3.63, 3.8) is 0 Å². The van der Waals surface area contributed by atoms with Crippen LogP contribution in [0.15, 0.2) is 43.1 Å². The lowest BCUT2D eigenvalue weighted by atomic mass is 10.0. The van der Waals surface area contributed by atoms with Gasteiger partial charge in [0.05, 0.1) is 5.69 Å². The largest absolute Gasteiger partial charge is 0.356 e. The molecule has 2 aliphatic heterocycles. The fourth-order valence-electron chi connectivity index (χ4n) is 4.27. The van der Waals surface area contributed by atoms with Crippen molar-refractivity contribution in [2.45, 2.75) is 13.5 Å². The molecule has 3 aromatic heterocycles. The summed E-state index contributed by atoms with van der Waals surface area (Å²) in [5, 5.41) is 4.26. The first-order valence-electron chi connectivity index (χ1n) is 9.32. The average Bonchev–Trinajstić information content (AvgIpc) is 3.38. The lowest BCUT2D eigenvalue weighted by Crippen LogP contribution is -2.29. The van der Waals surface area contributed by atoms with Gasteiger partial charge in [-0.05, 0) is 30.9 Å². The van der Waals surface area contributed by atoms with Crippen molar-refractivity contribution >= 4 is 5.82 Å². The van der Waals surface area contributed by atoms with E-state index in [0.29, 0.717) is 11.8 Å². The van der Waals surface area contributed by atoms with Gasteiger partial charge >= 0.3 is 0 Å². The SMILES string of the molecule is Cc1nccc(CN2CC3CN(c4cc(-n5cccn5)ncn4)CC3C2)n1. The predicted molar refractivity (Wildman–Crippen MR) is 100 cm³/mol. The molecule has 0 saturated carbocycles. The Labute approximate surface area is 157 Å². The fraction of sp³-hybridized carbons (Fsp3) is 0.421. The summed E-state index contributed by atoms with van der Waals surface area (Å²) in [5.41, 5.74) is 1.11. The molecule has 0 aliphatic carbocycles. The summed E-state index contributed by atoms with van der Waals surface area (Å²) in [5.74, 6) is 3.99. The Morgan fingerprint density at radius 1 is 1.00 bits per heavy atom. The van der Waals surface area contributed by atoms with Crippen molar-refractivity contribution in [2.24, 2.45) is 11.8 Å². The Bertz CT molecular complexity index is 911. The molecule has 2 saturated heterocycles. The van der Waals surface area contributed by atoms with E-state index in [9.17, 15) is 0 Å². The summed E-state index contributed by atoms with van der Waals surface area (Å²) >= 11 is 0. The minimum Gasteiger partial charge on any atom is -0.356 e. The summed E-state index contributed by atoms with van der Waals surface area (Å²) in [7, 11) is 0. The molecular weight excluding hydrogens is 340 g/mol. The fourth-order valence-corrected chi connectivity index (χ4v) is 4.27. The molecular formula is C19H22N8. The quantitative estimate of drug-likeness (QED) is 0.693. The molecule has 0 radical (unpaired) electrons. The standard InChI is InChI=1S/C19H22N8/c1-14-20-5-3-17(24-14)12-25-8-15-10-26(11-16(15)9-25)18-7-19(22-13-21-18)27-6-2-4-23-27/h2-7,13,15-16H,8-12H2,1H3. The van der Waals surface area contributed by atoms with Crippen LogP contribution < -0.4 is 4.90 Å². The van der Waals surface area contributed by atoms with Crippen LogP contribution in [0.5, 0.6) is 0 Å². The highest BCUT2D eigenvalue weighted by Crippen LogP contribution is 2.34. The molecule has 0 spiro atoms. The summed E-state index contributed by atoms with van der Waals surface area (Å²) in [4.78, 5) is 22.5. The maximum atomic E-state index is 4.54. The Hall–Kier alpha value is -2.87. The monoisotopic (exact) mass is 362 g/mol. The van der Waals surface area contributed by atoms with E-state index in [4.69, 9.17) is 0 Å². The summed E-state index contributed by atoms with van der Waals surface area (Å²) in [6.45, 7) is 7.16. The van der Waals surface area contributed by atoms with Crippen molar-refractivity contribution < 1.29 is 0 Å². The van der Waals surface area contributed by atoms with Gasteiger partial charge in [0.1, 0.15) is 18.0 Å². The first-order chi connectivity index (χ1) is 13.2. The number of rotatable bonds is 4. The normalized spacial score (nSPS) is 22.3. The van der Waals surface area contributed by atoms with Gasteiger partial charge in [-0.25, -0.2) is 24.6 Å². The van der Waals surface area contributed by atoms with Crippen LogP contribution in [-0.4, -0.2) is 60.8 Å². The van der Waals surface area contributed by atoms with Gasteiger partial charge < -0.3 is 4.90 Å². The molecule has 2 atom stereocenters. The minimum absolute atomic E-state index is 0.677. The molecule has 2 aliphatic rings. The number of fused-ring (bicyclic) bond motifs is 1. The number of aryl methyl sites for hydroxylation is 1. The maximum absolute atomic E-state index is 4.54.